The molecular formula is C14H11FN4S. The first-order valence-corrected chi connectivity index (χ1v) is 7.17. The van der Waals surface area contributed by atoms with Crippen LogP contribution in [-0.4, -0.2) is 15.7 Å². The van der Waals surface area contributed by atoms with Gasteiger partial charge in [0.2, 0.25) is 0 Å². The maximum Gasteiger partial charge on any atom is 0.182 e. The lowest BCUT2D eigenvalue weighted by Gasteiger charge is -2.26. The molecule has 1 aliphatic heterocycles. The van der Waals surface area contributed by atoms with Gasteiger partial charge in [-0.15, -0.1) is 11.8 Å². The highest BCUT2D eigenvalue weighted by Crippen LogP contribution is 2.39. The number of fused-ring (bicyclic) bond motifs is 1. The average molecular weight is 286 g/mol. The van der Waals surface area contributed by atoms with E-state index in [-0.39, 0.29) is 17.6 Å². The van der Waals surface area contributed by atoms with Crippen molar-refractivity contribution in [1.29, 1.82) is 5.26 Å². The number of anilines is 1. The molecule has 1 aromatic heterocycles. The standard InChI is InChI=1S/C14H11FN4S/c15-10-3-1-2-9-11(4-7-20-13(9)10)19-14-12(8-16)17-5-6-18-14/h1-3,5-6,11H,4,7H2,(H,18,19). The van der Waals surface area contributed by atoms with Crippen LogP contribution in [0.25, 0.3) is 0 Å². The van der Waals surface area contributed by atoms with E-state index in [9.17, 15) is 4.39 Å². The molecule has 0 amide bonds. The molecule has 1 unspecified atom stereocenters. The molecule has 1 atom stereocenters. The Balaban J connectivity index is 1.94. The van der Waals surface area contributed by atoms with Crippen molar-refractivity contribution in [1.82, 2.24) is 9.97 Å². The number of hydrogen-bond acceptors (Lipinski definition) is 5. The molecule has 0 bridgehead atoms. The summed E-state index contributed by atoms with van der Waals surface area (Å²) < 4.78 is 13.8. The molecule has 2 heterocycles. The topological polar surface area (TPSA) is 61.6 Å². The maximum absolute atomic E-state index is 13.8. The van der Waals surface area contributed by atoms with Crippen molar-refractivity contribution in [3.05, 3.63) is 47.7 Å². The number of aromatic nitrogens is 2. The van der Waals surface area contributed by atoms with Crippen molar-refractivity contribution >= 4 is 17.6 Å². The van der Waals surface area contributed by atoms with Crippen LogP contribution in [0, 0.1) is 17.1 Å². The molecule has 1 aromatic carbocycles. The summed E-state index contributed by atoms with van der Waals surface area (Å²) in [4.78, 5) is 8.79. The summed E-state index contributed by atoms with van der Waals surface area (Å²) in [6, 6.07) is 7.04. The Labute approximate surface area is 120 Å². The van der Waals surface area contributed by atoms with E-state index in [0.29, 0.717) is 10.7 Å². The molecule has 0 saturated heterocycles. The molecule has 100 valence electrons. The van der Waals surface area contributed by atoms with Gasteiger partial charge in [-0.25, -0.2) is 14.4 Å². The van der Waals surface area contributed by atoms with Crippen LogP contribution in [0.4, 0.5) is 10.2 Å². The SMILES string of the molecule is N#Cc1nccnc1NC1CCSc2c(F)cccc21. The lowest BCUT2D eigenvalue weighted by atomic mass is 10.0. The minimum Gasteiger partial charge on any atom is -0.361 e. The summed E-state index contributed by atoms with van der Waals surface area (Å²) in [5.41, 5.74) is 1.17. The molecule has 0 spiro atoms. The minimum atomic E-state index is -0.196. The van der Waals surface area contributed by atoms with Gasteiger partial charge < -0.3 is 5.32 Å². The van der Waals surface area contributed by atoms with Crippen LogP contribution < -0.4 is 5.32 Å². The highest BCUT2D eigenvalue weighted by Gasteiger charge is 2.24. The number of benzene rings is 1. The van der Waals surface area contributed by atoms with Gasteiger partial charge in [0.15, 0.2) is 11.5 Å². The highest BCUT2D eigenvalue weighted by molar-refractivity contribution is 7.99. The molecule has 20 heavy (non-hydrogen) atoms. The molecule has 1 N–H and O–H groups in total. The molecule has 4 nitrogen and oxygen atoms in total. The number of thioether (sulfide) groups is 1. The second-order valence-electron chi connectivity index (χ2n) is 4.36. The molecule has 1 aliphatic rings. The molecule has 0 saturated carbocycles. The number of halogens is 1. The molecule has 0 radical (unpaired) electrons. The average Bonchev–Trinajstić information content (AvgIpc) is 2.49. The summed E-state index contributed by atoms with van der Waals surface area (Å²) in [6.07, 6.45) is 3.86. The van der Waals surface area contributed by atoms with Gasteiger partial charge >= 0.3 is 0 Å². The summed E-state index contributed by atoms with van der Waals surface area (Å²) in [6.45, 7) is 0. The van der Waals surface area contributed by atoms with E-state index in [0.717, 1.165) is 17.7 Å². The monoisotopic (exact) mass is 286 g/mol. The number of nitriles is 1. The first kappa shape index (κ1) is 12.9. The molecule has 3 rings (SSSR count). The Bertz CT molecular complexity index is 683. The summed E-state index contributed by atoms with van der Waals surface area (Å²) in [5.74, 6) is 1.08. The first-order valence-electron chi connectivity index (χ1n) is 6.18. The fourth-order valence-corrected chi connectivity index (χ4v) is 3.37. The van der Waals surface area contributed by atoms with Crippen LogP contribution >= 0.6 is 11.8 Å². The van der Waals surface area contributed by atoms with Gasteiger partial charge in [0.05, 0.1) is 6.04 Å². The molecule has 6 heteroatoms. The van der Waals surface area contributed by atoms with Crippen LogP contribution in [0.3, 0.4) is 0 Å². The van der Waals surface area contributed by atoms with E-state index in [2.05, 4.69) is 15.3 Å². The van der Waals surface area contributed by atoms with E-state index < -0.39 is 0 Å². The Hall–Kier alpha value is -2.13. The Morgan fingerprint density at radius 2 is 2.20 bits per heavy atom. The Morgan fingerprint density at radius 3 is 3.05 bits per heavy atom. The van der Waals surface area contributed by atoms with E-state index >= 15 is 0 Å². The third-order valence-corrected chi connectivity index (χ3v) is 4.30. The van der Waals surface area contributed by atoms with Gasteiger partial charge in [0.25, 0.3) is 0 Å². The van der Waals surface area contributed by atoms with Crippen LogP contribution in [0.2, 0.25) is 0 Å². The molecule has 0 fully saturated rings. The predicted molar refractivity (Wildman–Crippen MR) is 74.9 cm³/mol. The van der Waals surface area contributed by atoms with E-state index in [1.807, 2.05) is 12.1 Å². The fourth-order valence-electron chi connectivity index (χ4n) is 2.23. The minimum absolute atomic E-state index is 0.0502. The Kier molecular flexibility index (Phi) is 3.52. The number of rotatable bonds is 2. The van der Waals surface area contributed by atoms with E-state index in [1.54, 1.807) is 6.07 Å². The van der Waals surface area contributed by atoms with Crippen molar-refractivity contribution in [2.24, 2.45) is 0 Å². The van der Waals surface area contributed by atoms with Crippen molar-refractivity contribution in [3.63, 3.8) is 0 Å². The van der Waals surface area contributed by atoms with Gasteiger partial charge in [-0.2, -0.15) is 5.26 Å². The fraction of sp³-hybridized carbons (Fsp3) is 0.214. The van der Waals surface area contributed by atoms with Crippen LogP contribution in [0.15, 0.2) is 35.5 Å². The molecule has 0 aliphatic carbocycles. The van der Waals surface area contributed by atoms with E-state index in [1.165, 1.54) is 30.2 Å². The van der Waals surface area contributed by atoms with E-state index in [4.69, 9.17) is 5.26 Å². The number of nitrogens with one attached hydrogen (secondary N) is 1. The normalized spacial score (nSPS) is 17.1. The zero-order chi connectivity index (χ0) is 13.9. The quantitative estimate of drug-likeness (QED) is 0.919. The summed E-state index contributed by atoms with van der Waals surface area (Å²) in [7, 11) is 0. The zero-order valence-corrected chi connectivity index (χ0v) is 11.3. The van der Waals surface area contributed by atoms with Crippen LogP contribution in [-0.2, 0) is 0 Å². The second kappa shape index (κ2) is 5.47. The molecule has 2 aromatic rings. The van der Waals surface area contributed by atoms with Gasteiger partial charge in [-0.05, 0) is 18.1 Å². The third-order valence-electron chi connectivity index (χ3n) is 3.14. The maximum atomic E-state index is 13.8. The third kappa shape index (κ3) is 2.32. The van der Waals surface area contributed by atoms with Crippen molar-refractivity contribution in [2.75, 3.05) is 11.1 Å². The van der Waals surface area contributed by atoms with Gasteiger partial charge in [0.1, 0.15) is 11.9 Å². The molecular weight excluding hydrogens is 275 g/mol. The van der Waals surface area contributed by atoms with Crippen molar-refractivity contribution in [2.45, 2.75) is 17.4 Å². The van der Waals surface area contributed by atoms with Gasteiger partial charge in [0, 0.05) is 23.0 Å². The predicted octanol–water partition coefficient (Wildman–Crippen LogP) is 3.14. The van der Waals surface area contributed by atoms with Crippen LogP contribution in [0.5, 0.6) is 0 Å². The number of nitrogens with zero attached hydrogens (tertiary/aromatic N) is 3. The Morgan fingerprint density at radius 1 is 1.35 bits per heavy atom. The zero-order valence-electron chi connectivity index (χ0n) is 10.5. The van der Waals surface area contributed by atoms with Gasteiger partial charge in [-0.1, -0.05) is 12.1 Å². The smallest absolute Gasteiger partial charge is 0.182 e. The summed E-state index contributed by atoms with van der Waals surface area (Å²) >= 11 is 1.52. The van der Waals surface area contributed by atoms with Crippen molar-refractivity contribution in [3.8, 4) is 6.07 Å². The lowest BCUT2D eigenvalue weighted by Crippen LogP contribution is -2.18. The first-order chi connectivity index (χ1) is 9.79. The lowest BCUT2D eigenvalue weighted by molar-refractivity contribution is 0.584. The van der Waals surface area contributed by atoms with Gasteiger partial charge in [-0.3, -0.25) is 0 Å². The number of hydrogen-bond donors (Lipinski definition) is 1. The summed E-state index contributed by atoms with van der Waals surface area (Å²) in [5, 5.41) is 12.2. The largest absolute Gasteiger partial charge is 0.361 e. The van der Waals surface area contributed by atoms with Crippen molar-refractivity contribution < 1.29 is 4.39 Å². The second-order valence-corrected chi connectivity index (χ2v) is 5.46. The highest BCUT2D eigenvalue weighted by atomic mass is 32.2. The van der Waals surface area contributed by atoms with Crippen LogP contribution in [0.1, 0.15) is 23.7 Å².